The van der Waals surface area contributed by atoms with Crippen molar-refractivity contribution in [1.29, 1.82) is 0 Å². The Kier molecular flexibility index (Phi) is 3.56. The van der Waals surface area contributed by atoms with Gasteiger partial charge in [-0.3, -0.25) is 0 Å². The van der Waals surface area contributed by atoms with Gasteiger partial charge in [0.25, 0.3) is 0 Å². The monoisotopic (exact) mass is 223 g/mol. The van der Waals surface area contributed by atoms with Crippen molar-refractivity contribution in [1.82, 2.24) is 0 Å². The van der Waals surface area contributed by atoms with Gasteiger partial charge in [0.2, 0.25) is 0 Å². The fraction of sp³-hybridized carbons (Fsp3) is 0.538. The highest BCUT2D eigenvalue weighted by Crippen LogP contribution is 2.25. The molecule has 88 valence electrons. The third-order valence-electron chi connectivity index (χ3n) is 3.10. The second-order valence-electron chi connectivity index (χ2n) is 4.63. The molecule has 1 heterocycles. The van der Waals surface area contributed by atoms with Crippen molar-refractivity contribution in [3.05, 3.63) is 35.1 Å². The summed E-state index contributed by atoms with van der Waals surface area (Å²) in [6.45, 7) is 3.51. The van der Waals surface area contributed by atoms with E-state index < -0.39 is 0 Å². The lowest BCUT2D eigenvalue weighted by Gasteiger charge is -2.16. The molecule has 0 radical (unpaired) electrons. The molecule has 0 aliphatic carbocycles. The standard InChI is InChI=1S/C13H18FNO/c1-9-4-11(7-12(14)5-9)13(15)6-10-2-3-16-8-10/h4-5,7,10,13H,2-3,6,8,15H2,1H3. The van der Waals surface area contributed by atoms with Crippen LogP contribution in [-0.4, -0.2) is 13.2 Å². The van der Waals surface area contributed by atoms with E-state index in [-0.39, 0.29) is 11.9 Å². The molecule has 2 unspecified atom stereocenters. The molecule has 3 heteroatoms. The van der Waals surface area contributed by atoms with Crippen LogP contribution in [0.5, 0.6) is 0 Å². The predicted octanol–water partition coefficient (Wildman–Crippen LogP) is 2.56. The summed E-state index contributed by atoms with van der Waals surface area (Å²) in [5.74, 6) is 0.326. The summed E-state index contributed by atoms with van der Waals surface area (Å²) in [5.41, 5.74) is 7.91. The van der Waals surface area contributed by atoms with Gasteiger partial charge in [-0.15, -0.1) is 0 Å². The lowest BCUT2D eigenvalue weighted by atomic mass is 9.94. The van der Waals surface area contributed by atoms with Gasteiger partial charge in [-0.2, -0.15) is 0 Å². The molecule has 2 nitrogen and oxygen atoms in total. The van der Waals surface area contributed by atoms with Crippen LogP contribution in [0.1, 0.15) is 30.0 Å². The third kappa shape index (κ3) is 2.80. The van der Waals surface area contributed by atoms with E-state index in [4.69, 9.17) is 10.5 Å². The summed E-state index contributed by atoms with van der Waals surface area (Å²) in [5, 5.41) is 0. The van der Waals surface area contributed by atoms with Crippen molar-refractivity contribution < 1.29 is 9.13 Å². The molecule has 1 saturated heterocycles. The van der Waals surface area contributed by atoms with Crippen LogP contribution >= 0.6 is 0 Å². The molecular weight excluding hydrogens is 205 g/mol. The molecule has 0 bridgehead atoms. The van der Waals surface area contributed by atoms with Crippen molar-refractivity contribution in [2.75, 3.05) is 13.2 Å². The third-order valence-corrected chi connectivity index (χ3v) is 3.10. The van der Waals surface area contributed by atoms with E-state index in [9.17, 15) is 4.39 Å². The first kappa shape index (κ1) is 11.6. The van der Waals surface area contributed by atoms with Crippen molar-refractivity contribution in [3.8, 4) is 0 Å². The van der Waals surface area contributed by atoms with E-state index >= 15 is 0 Å². The second-order valence-corrected chi connectivity index (χ2v) is 4.63. The van der Waals surface area contributed by atoms with E-state index in [0.717, 1.165) is 37.2 Å². The van der Waals surface area contributed by atoms with Crippen LogP contribution in [0, 0.1) is 18.7 Å². The first-order chi connectivity index (χ1) is 7.65. The number of aryl methyl sites for hydroxylation is 1. The van der Waals surface area contributed by atoms with Crippen LogP contribution in [-0.2, 0) is 4.74 Å². The Labute approximate surface area is 95.6 Å². The Balaban J connectivity index is 2.04. The topological polar surface area (TPSA) is 35.2 Å². The van der Waals surface area contributed by atoms with Crippen LogP contribution in [0.2, 0.25) is 0 Å². The van der Waals surface area contributed by atoms with Crippen LogP contribution in [0.25, 0.3) is 0 Å². The molecule has 0 amide bonds. The summed E-state index contributed by atoms with van der Waals surface area (Å²) in [7, 11) is 0. The van der Waals surface area contributed by atoms with Gasteiger partial charge in [0, 0.05) is 19.3 Å². The zero-order valence-corrected chi connectivity index (χ0v) is 9.58. The maximum absolute atomic E-state index is 13.2. The normalized spacial score (nSPS) is 22.3. The van der Waals surface area contributed by atoms with Gasteiger partial charge in [0.15, 0.2) is 0 Å². The number of hydrogen-bond donors (Lipinski definition) is 1. The minimum Gasteiger partial charge on any atom is -0.381 e. The summed E-state index contributed by atoms with van der Waals surface area (Å²) in [6.07, 6.45) is 1.95. The van der Waals surface area contributed by atoms with Crippen LogP contribution < -0.4 is 5.73 Å². The fourth-order valence-electron chi connectivity index (χ4n) is 2.24. The number of rotatable bonds is 3. The molecule has 0 saturated carbocycles. The lowest BCUT2D eigenvalue weighted by molar-refractivity contribution is 0.182. The van der Waals surface area contributed by atoms with Crippen molar-refractivity contribution >= 4 is 0 Å². The molecule has 0 aromatic heterocycles. The Bertz CT molecular complexity index is 341. The molecular formula is C13H18FNO. The highest BCUT2D eigenvalue weighted by molar-refractivity contribution is 5.26. The van der Waals surface area contributed by atoms with Gasteiger partial charge in [0.05, 0.1) is 0 Å². The van der Waals surface area contributed by atoms with E-state index in [0.29, 0.717) is 5.92 Å². The van der Waals surface area contributed by atoms with Crippen LogP contribution in [0.4, 0.5) is 4.39 Å². The van der Waals surface area contributed by atoms with Gasteiger partial charge in [-0.1, -0.05) is 6.07 Å². The molecule has 1 fully saturated rings. The van der Waals surface area contributed by atoms with E-state index in [1.807, 2.05) is 13.0 Å². The average Bonchev–Trinajstić information content (AvgIpc) is 2.68. The molecule has 0 spiro atoms. The smallest absolute Gasteiger partial charge is 0.123 e. The Morgan fingerprint density at radius 1 is 1.50 bits per heavy atom. The minimum absolute atomic E-state index is 0.0823. The largest absolute Gasteiger partial charge is 0.381 e. The molecule has 2 atom stereocenters. The van der Waals surface area contributed by atoms with Gasteiger partial charge >= 0.3 is 0 Å². The predicted molar refractivity (Wildman–Crippen MR) is 61.6 cm³/mol. The van der Waals surface area contributed by atoms with Gasteiger partial charge in [-0.05, 0) is 48.9 Å². The molecule has 1 aromatic carbocycles. The maximum Gasteiger partial charge on any atom is 0.123 e. The Hall–Kier alpha value is -0.930. The maximum atomic E-state index is 13.2. The van der Waals surface area contributed by atoms with E-state index in [1.165, 1.54) is 12.1 Å². The summed E-state index contributed by atoms with van der Waals surface area (Å²) in [6, 6.07) is 4.94. The SMILES string of the molecule is Cc1cc(F)cc(C(N)CC2CCOC2)c1. The zero-order valence-electron chi connectivity index (χ0n) is 9.58. The Morgan fingerprint density at radius 3 is 2.94 bits per heavy atom. The van der Waals surface area contributed by atoms with Crippen molar-refractivity contribution in [2.24, 2.45) is 11.7 Å². The number of ether oxygens (including phenoxy) is 1. The van der Waals surface area contributed by atoms with E-state index in [2.05, 4.69) is 0 Å². The highest BCUT2D eigenvalue weighted by atomic mass is 19.1. The van der Waals surface area contributed by atoms with Crippen molar-refractivity contribution in [2.45, 2.75) is 25.8 Å². The van der Waals surface area contributed by atoms with E-state index in [1.54, 1.807) is 0 Å². The van der Waals surface area contributed by atoms with Gasteiger partial charge in [-0.25, -0.2) is 4.39 Å². The lowest BCUT2D eigenvalue weighted by Crippen LogP contribution is -2.16. The molecule has 2 N–H and O–H groups in total. The highest BCUT2D eigenvalue weighted by Gasteiger charge is 2.19. The average molecular weight is 223 g/mol. The summed E-state index contributed by atoms with van der Waals surface area (Å²) in [4.78, 5) is 0. The van der Waals surface area contributed by atoms with Gasteiger partial charge in [0.1, 0.15) is 5.82 Å². The molecule has 16 heavy (non-hydrogen) atoms. The fourth-order valence-corrected chi connectivity index (χ4v) is 2.24. The van der Waals surface area contributed by atoms with Crippen LogP contribution in [0.3, 0.4) is 0 Å². The molecule has 1 aliphatic rings. The number of nitrogens with two attached hydrogens (primary N) is 1. The van der Waals surface area contributed by atoms with Crippen LogP contribution in [0.15, 0.2) is 18.2 Å². The second kappa shape index (κ2) is 4.93. The summed E-state index contributed by atoms with van der Waals surface area (Å²) >= 11 is 0. The first-order valence-corrected chi connectivity index (χ1v) is 5.75. The minimum atomic E-state index is -0.201. The molecule has 2 rings (SSSR count). The zero-order chi connectivity index (χ0) is 11.5. The summed E-state index contributed by atoms with van der Waals surface area (Å²) < 4.78 is 18.5. The molecule has 1 aromatic rings. The quantitative estimate of drug-likeness (QED) is 0.854. The van der Waals surface area contributed by atoms with Crippen molar-refractivity contribution in [3.63, 3.8) is 0 Å². The molecule has 1 aliphatic heterocycles. The Morgan fingerprint density at radius 2 is 2.31 bits per heavy atom. The first-order valence-electron chi connectivity index (χ1n) is 5.75. The number of halogens is 1. The van der Waals surface area contributed by atoms with Gasteiger partial charge < -0.3 is 10.5 Å². The number of hydrogen-bond acceptors (Lipinski definition) is 2. The number of benzene rings is 1.